The molecular weight excluding hydrogens is 299 g/mol. The number of halogens is 2. The molecule has 0 saturated carbocycles. The van der Waals surface area contributed by atoms with Crippen molar-refractivity contribution in [2.24, 2.45) is 0 Å². The number of amides is 1. The van der Waals surface area contributed by atoms with Gasteiger partial charge < -0.3 is 15.8 Å². The molecule has 0 atom stereocenters. The quantitative estimate of drug-likeness (QED) is 0.847. The highest BCUT2D eigenvalue weighted by atomic mass is 35.5. The van der Waals surface area contributed by atoms with Crippen molar-refractivity contribution in [1.82, 2.24) is 0 Å². The Balaban J connectivity index is 2.33. The molecule has 0 unspecified atom stereocenters. The highest BCUT2D eigenvalue weighted by Gasteiger charge is 2.15. The van der Waals surface area contributed by atoms with E-state index in [1.54, 1.807) is 24.3 Å². The molecule has 0 heterocycles. The topological polar surface area (TPSA) is 64.3 Å². The SMILES string of the molecule is COc1ccccc1NC(=O)c1cc(N)cc(Cl)c1Cl. The molecule has 0 bridgehead atoms. The summed E-state index contributed by atoms with van der Waals surface area (Å²) >= 11 is 11.9. The Bertz CT molecular complexity index is 660. The summed E-state index contributed by atoms with van der Waals surface area (Å²) in [5.74, 6) is 0.140. The predicted molar refractivity (Wildman–Crippen MR) is 81.8 cm³/mol. The summed E-state index contributed by atoms with van der Waals surface area (Å²) in [6.45, 7) is 0. The van der Waals surface area contributed by atoms with Crippen LogP contribution in [0.4, 0.5) is 11.4 Å². The monoisotopic (exact) mass is 310 g/mol. The second-order valence-electron chi connectivity index (χ2n) is 4.02. The van der Waals surface area contributed by atoms with Gasteiger partial charge in [0.05, 0.1) is 28.4 Å². The van der Waals surface area contributed by atoms with E-state index in [0.29, 0.717) is 17.1 Å². The average Bonchev–Trinajstić information content (AvgIpc) is 2.43. The van der Waals surface area contributed by atoms with E-state index in [4.69, 9.17) is 33.7 Å². The van der Waals surface area contributed by atoms with Gasteiger partial charge in [0.15, 0.2) is 0 Å². The third kappa shape index (κ3) is 2.98. The summed E-state index contributed by atoms with van der Waals surface area (Å²) in [6, 6.07) is 10.0. The average molecular weight is 311 g/mol. The van der Waals surface area contributed by atoms with Crippen molar-refractivity contribution < 1.29 is 9.53 Å². The standard InChI is InChI=1S/C14H12Cl2N2O2/c1-20-12-5-3-2-4-11(12)18-14(19)9-6-8(17)7-10(15)13(9)16/h2-7H,17H2,1H3,(H,18,19). The van der Waals surface area contributed by atoms with Gasteiger partial charge in [-0.15, -0.1) is 0 Å². The first-order chi connectivity index (χ1) is 9.52. The van der Waals surface area contributed by atoms with E-state index in [9.17, 15) is 4.79 Å². The summed E-state index contributed by atoms with van der Waals surface area (Å²) in [6.07, 6.45) is 0. The highest BCUT2D eigenvalue weighted by molar-refractivity contribution is 6.44. The van der Waals surface area contributed by atoms with Crippen LogP contribution < -0.4 is 15.8 Å². The van der Waals surface area contributed by atoms with Crippen molar-refractivity contribution in [3.05, 3.63) is 52.0 Å². The fraction of sp³-hybridized carbons (Fsp3) is 0.0714. The van der Waals surface area contributed by atoms with Gasteiger partial charge in [-0.2, -0.15) is 0 Å². The van der Waals surface area contributed by atoms with E-state index in [1.165, 1.54) is 19.2 Å². The Hall–Kier alpha value is -1.91. The van der Waals surface area contributed by atoms with Crippen LogP contribution in [0, 0.1) is 0 Å². The maximum atomic E-state index is 12.2. The number of methoxy groups -OCH3 is 1. The number of benzene rings is 2. The van der Waals surface area contributed by atoms with Gasteiger partial charge in [0.2, 0.25) is 0 Å². The van der Waals surface area contributed by atoms with Crippen molar-refractivity contribution in [3.8, 4) is 5.75 Å². The molecule has 3 N–H and O–H groups in total. The number of carbonyl (C=O) groups excluding carboxylic acids is 1. The molecule has 104 valence electrons. The molecule has 1 amide bonds. The number of nitrogens with one attached hydrogen (secondary N) is 1. The zero-order valence-electron chi connectivity index (χ0n) is 10.6. The van der Waals surface area contributed by atoms with Crippen molar-refractivity contribution >= 4 is 40.5 Å². The lowest BCUT2D eigenvalue weighted by Gasteiger charge is -2.11. The maximum absolute atomic E-state index is 12.2. The van der Waals surface area contributed by atoms with Crippen molar-refractivity contribution in [1.29, 1.82) is 0 Å². The van der Waals surface area contributed by atoms with Gasteiger partial charge in [0.25, 0.3) is 5.91 Å². The summed E-state index contributed by atoms with van der Waals surface area (Å²) < 4.78 is 5.16. The zero-order valence-corrected chi connectivity index (χ0v) is 12.1. The summed E-state index contributed by atoms with van der Waals surface area (Å²) in [4.78, 5) is 12.2. The van der Waals surface area contributed by atoms with Crippen LogP contribution in [-0.2, 0) is 0 Å². The second kappa shape index (κ2) is 6.03. The largest absolute Gasteiger partial charge is 0.495 e. The lowest BCUT2D eigenvalue weighted by Crippen LogP contribution is -2.13. The van der Waals surface area contributed by atoms with Gasteiger partial charge in [-0.1, -0.05) is 35.3 Å². The Morgan fingerprint density at radius 1 is 1.25 bits per heavy atom. The van der Waals surface area contributed by atoms with Crippen LogP contribution in [0.25, 0.3) is 0 Å². The third-order valence-corrected chi connectivity index (χ3v) is 3.45. The number of carbonyl (C=O) groups is 1. The van der Waals surface area contributed by atoms with E-state index in [2.05, 4.69) is 5.32 Å². The number of hydrogen-bond acceptors (Lipinski definition) is 3. The Morgan fingerprint density at radius 3 is 2.65 bits per heavy atom. The number of hydrogen-bond donors (Lipinski definition) is 2. The predicted octanol–water partition coefficient (Wildman–Crippen LogP) is 3.84. The zero-order chi connectivity index (χ0) is 14.7. The molecule has 2 aromatic rings. The highest BCUT2D eigenvalue weighted by Crippen LogP contribution is 2.30. The van der Waals surface area contributed by atoms with E-state index in [-0.39, 0.29) is 15.6 Å². The smallest absolute Gasteiger partial charge is 0.257 e. The van der Waals surface area contributed by atoms with E-state index >= 15 is 0 Å². The molecule has 0 aliphatic heterocycles. The summed E-state index contributed by atoms with van der Waals surface area (Å²) in [7, 11) is 1.52. The molecule has 0 radical (unpaired) electrons. The Kier molecular flexibility index (Phi) is 4.37. The first kappa shape index (κ1) is 14.5. The van der Waals surface area contributed by atoms with Crippen LogP contribution in [0.3, 0.4) is 0 Å². The molecule has 0 aromatic heterocycles. The van der Waals surface area contributed by atoms with E-state index in [0.717, 1.165) is 0 Å². The van der Waals surface area contributed by atoms with Crippen molar-refractivity contribution in [2.75, 3.05) is 18.2 Å². The number of nitrogens with two attached hydrogens (primary N) is 1. The van der Waals surface area contributed by atoms with Crippen molar-refractivity contribution in [2.45, 2.75) is 0 Å². The van der Waals surface area contributed by atoms with Crippen LogP contribution in [0.15, 0.2) is 36.4 Å². The number of ether oxygens (including phenoxy) is 1. The van der Waals surface area contributed by atoms with Crippen LogP contribution in [-0.4, -0.2) is 13.0 Å². The van der Waals surface area contributed by atoms with Gasteiger partial charge >= 0.3 is 0 Å². The number of nitrogen functional groups attached to an aromatic ring is 1. The van der Waals surface area contributed by atoms with Gasteiger partial charge in [-0.25, -0.2) is 0 Å². The fourth-order valence-corrected chi connectivity index (χ4v) is 2.14. The molecule has 2 rings (SSSR count). The number of rotatable bonds is 3. The first-order valence-corrected chi connectivity index (χ1v) is 6.47. The van der Waals surface area contributed by atoms with Gasteiger partial charge in [0.1, 0.15) is 5.75 Å². The normalized spacial score (nSPS) is 10.2. The first-order valence-electron chi connectivity index (χ1n) is 5.72. The molecule has 0 saturated heterocycles. The minimum absolute atomic E-state index is 0.160. The van der Waals surface area contributed by atoms with E-state index in [1.807, 2.05) is 0 Å². The maximum Gasteiger partial charge on any atom is 0.257 e. The Labute approximate surface area is 126 Å². The minimum Gasteiger partial charge on any atom is -0.495 e. The second-order valence-corrected chi connectivity index (χ2v) is 4.80. The van der Waals surface area contributed by atoms with Crippen LogP contribution >= 0.6 is 23.2 Å². The molecule has 0 fully saturated rings. The molecule has 6 heteroatoms. The summed E-state index contributed by atoms with van der Waals surface area (Å²) in [5.41, 5.74) is 6.78. The molecule has 0 spiro atoms. The Morgan fingerprint density at radius 2 is 1.95 bits per heavy atom. The molecule has 0 aliphatic carbocycles. The number of anilines is 2. The lowest BCUT2D eigenvalue weighted by atomic mass is 10.1. The van der Waals surface area contributed by atoms with Crippen LogP contribution in [0.1, 0.15) is 10.4 Å². The van der Waals surface area contributed by atoms with Crippen LogP contribution in [0.5, 0.6) is 5.75 Å². The van der Waals surface area contributed by atoms with Crippen LogP contribution in [0.2, 0.25) is 10.0 Å². The third-order valence-electron chi connectivity index (χ3n) is 2.65. The van der Waals surface area contributed by atoms with Crippen molar-refractivity contribution in [3.63, 3.8) is 0 Å². The van der Waals surface area contributed by atoms with Gasteiger partial charge in [0, 0.05) is 5.69 Å². The molecule has 2 aromatic carbocycles. The molecule has 20 heavy (non-hydrogen) atoms. The minimum atomic E-state index is -0.409. The number of para-hydroxylation sites is 2. The van der Waals surface area contributed by atoms with E-state index < -0.39 is 5.91 Å². The fourth-order valence-electron chi connectivity index (χ4n) is 1.71. The molecule has 0 aliphatic rings. The lowest BCUT2D eigenvalue weighted by molar-refractivity contribution is 0.102. The molecule has 4 nitrogen and oxygen atoms in total. The molecular formula is C14H12Cl2N2O2. The van der Waals surface area contributed by atoms with Gasteiger partial charge in [-0.3, -0.25) is 4.79 Å². The summed E-state index contributed by atoms with van der Waals surface area (Å²) in [5, 5.41) is 3.10. The van der Waals surface area contributed by atoms with Gasteiger partial charge in [-0.05, 0) is 24.3 Å².